The molecular weight excluding hydrogens is 344 g/mol. The highest BCUT2D eigenvalue weighted by Crippen LogP contribution is 2.38. The highest BCUT2D eigenvalue weighted by Gasteiger charge is 2.39. The predicted octanol–water partition coefficient (Wildman–Crippen LogP) is 4.97. The first-order valence-corrected chi connectivity index (χ1v) is 12.1. The van der Waals surface area contributed by atoms with E-state index in [9.17, 15) is 4.79 Å². The van der Waals surface area contributed by atoms with E-state index in [0.29, 0.717) is 0 Å². The van der Waals surface area contributed by atoms with Gasteiger partial charge in [-0.2, -0.15) is 0 Å². The van der Waals surface area contributed by atoms with Crippen LogP contribution in [0, 0.1) is 5.92 Å². The topological polar surface area (TPSA) is 35.5 Å². The van der Waals surface area contributed by atoms with Crippen molar-refractivity contribution >= 4 is 39.9 Å². The van der Waals surface area contributed by atoms with E-state index in [-0.39, 0.29) is 23.2 Å². The first-order chi connectivity index (χ1) is 8.55. The molecule has 0 heterocycles. The van der Waals surface area contributed by atoms with Crippen LogP contribution in [0.4, 0.5) is 0 Å². The monoisotopic (exact) mass is 370 g/mol. The largest absolute Gasteiger partial charge is 0.414 e. The first kappa shape index (κ1) is 19.6. The van der Waals surface area contributed by atoms with Crippen molar-refractivity contribution in [2.24, 2.45) is 5.92 Å². The second-order valence-electron chi connectivity index (χ2n) is 6.62. The highest BCUT2D eigenvalue weighted by atomic mass is 79.9. The molecule has 0 amide bonds. The maximum Gasteiger partial charge on any atom is 0.192 e. The quantitative estimate of drug-likeness (QED) is 0.343. The Hall–Kier alpha value is 0.637. The van der Waals surface area contributed by atoms with Crippen LogP contribution < -0.4 is 0 Å². The van der Waals surface area contributed by atoms with Gasteiger partial charge in [-0.25, -0.2) is 0 Å². The van der Waals surface area contributed by atoms with Gasteiger partial charge >= 0.3 is 0 Å². The van der Waals surface area contributed by atoms with E-state index in [1.807, 2.05) is 6.92 Å². The molecule has 114 valence electrons. The van der Waals surface area contributed by atoms with Crippen LogP contribution in [0.25, 0.3) is 0 Å². The standard InChI is InChI=1S/C13H27BrO3SSi/c1-10(9-15)12(16-18-14)8-11(2)17-19(6,7)13(3,4)5/h9-12H,8H2,1-7H3/t10-,11-,12-/m1/s1. The van der Waals surface area contributed by atoms with Gasteiger partial charge in [-0.3, -0.25) is 0 Å². The van der Waals surface area contributed by atoms with E-state index in [4.69, 9.17) is 8.61 Å². The SMILES string of the molecule is C[C@H](C[C@@H](OSBr)[C@H](C)C=O)O[Si](C)(C)C(C)(C)C. The molecule has 3 atom stereocenters. The third-order valence-corrected chi connectivity index (χ3v) is 9.21. The van der Waals surface area contributed by atoms with Crippen molar-refractivity contribution in [2.75, 3.05) is 0 Å². The van der Waals surface area contributed by atoms with Crippen LogP contribution >= 0.6 is 25.3 Å². The van der Waals surface area contributed by atoms with Crippen molar-refractivity contribution in [2.45, 2.75) is 71.4 Å². The van der Waals surface area contributed by atoms with E-state index in [1.54, 1.807) is 0 Å². The molecule has 0 spiro atoms. The smallest absolute Gasteiger partial charge is 0.192 e. The lowest BCUT2D eigenvalue weighted by Gasteiger charge is -2.39. The summed E-state index contributed by atoms with van der Waals surface area (Å²) in [5.41, 5.74) is 0. The molecule has 0 saturated heterocycles. The molecule has 0 bridgehead atoms. The molecule has 0 aromatic carbocycles. The highest BCUT2D eigenvalue weighted by molar-refractivity contribution is 9.49. The molecule has 0 aromatic heterocycles. The summed E-state index contributed by atoms with van der Waals surface area (Å²) in [5.74, 6) is -0.129. The Morgan fingerprint density at radius 1 is 1.32 bits per heavy atom. The molecule has 0 saturated carbocycles. The minimum absolute atomic E-state index is 0.0907. The Labute approximate surface area is 130 Å². The lowest BCUT2D eigenvalue weighted by atomic mass is 10.0. The summed E-state index contributed by atoms with van der Waals surface area (Å²) >= 11 is 3.18. The summed E-state index contributed by atoms with van der Waals surface area (Å²) in [6.07, 6.45) is 1.63. The molecule has 19 heavy (non-hydrogen) atoms. The summed E-state index contributed by atoms with van der Waals surface area (Å²) < 4.78 is 11.8. The second kappa shape index (κ2) is 8.17. The van der Waals surface area contributed by atoms with Crippen LogP contribution in [0.15, 0.2) is 0 Å². The van der Waals surface area contributed by atoms with Gasteiger partial charge in [-0.05, 0) is 25.1 Å². The third kappa shape index (κ3) is 6.75. The molecule has 6 heteroatoms. The van der Waals surface area contributed by atoms with Crippen LogP contribution in [0.1, 0.15) is 41.0 Å². The maximum atomic E-state index is 10.9. The first-order valence-electron chi connectivity index (χ1n) is 6.62. The molecule has 0 rings (SSSR count). The van der Waals surface area contributed by atoms with Gasteiger partial charge in [0.05, 0.1) is 16.6 Å². The summed E-state index contributed by atoms with van der Waals surface area (Å²) in [4.78, 5) is 10.9. The molecule has 0 aliphatic heterocycles. The van der Waals surface area contributed by atoms with E-state index >= 15 is 0 Å². The van der Waals surface area contributed by atoms with Gasteiger partial charge < -0.3 is 13.4 Å². The minimum Gasteiger partial charge on any atom is -0.414 e. The van der Waals surface area contributed by atoms with Crippen molar-refractivity contribution in [1.29, 1.82) is 0 Å². The molecule has 0 aromatic rings. The van der Waals surface area contributed by atoms with Gasteiger partial charge in [-0.15, -0.1) is 0 Å². The number of hydrogen-bond acceptors (Lipinski definition) is 4. The molecular formula is C13H27BrO3SSi. The minimum atomic E-state index is -1.77. The fraction of sp³-hybridized carbons (Fsp3) is 0.923. The Bertz CT molecular complexity index is 282. The molecule has 3 nitrogen and oxygen atoms in total. The van der Waals surface area contributed by atoms with Crippen LogP contribution in [-0.2, 0) is 13.4 Å². The van der Waals surface area contributed by atoms with Gasteiger partial charge in [0.15, 0.2) is 8.32 Å². The van der Waals surface area contributed by atoms with Gasteiger partial charge in [0, 0.05) is 33.3 Å². The van der Waals surface area contributed by atoms with Crippen LogP contribution in [-0.4, -0.2) is 26.8 Å². The number of halogens is 1. The zero-order valence-corrected chi connectivity index (χ0v) is 16.4. The zero-order valence-electron chi connectivity index (χ0n) is 13.0. The third-order valence-electron chi connectivity index (χ3n) is 3.83. The van der Waals surface area contributed by atoms with Gasteiger partial charge in [-0.1, -0.05) is 27.7 Å². The van der Waals surface area contributed by atoms with E-state index in [2.05, 4.69) is 55.6 Å². The molecule has 0 unspecified atom stereocenters. The van der Waals surface area contributed by atoms with Crippen LogP contribution in [0.5, 0.6) is 0 Å². The van der Waals surface area contributed by atoms with Crippen molar-refractivity contribution in [3.8, 4) is 0 Å². The second-order valence-corrected chi connectivity index (χ2v) is 12.5. The summed E-state index contributed by atoms with van der Waals surface area (Å²) in [7, 11) is -0.637. The Morgan fingerprint density at radius 2 is 1.84 bits per heavy atom. The van der Waals surface area contributed by atoms with Crippen LogP contribution in [0.3, 0.4) is 0 Å². The summed E-state index contributed by atoms with van der Waals surface area (Å²) in [6, 6.07) is 0. The number of rotatable bonds is 8. The molecule has 0 aliphatic rings. The molecule has 0 fully saturated rings. The van der Waals surface area contributed by atoms with E-state index < -0.39 is 8.32 Å². The maximum absolute atomic E-state index is 10.9. The fourth-order valence-corrected chi connectivity index (χ4v) is 3.92. The van der Waals surface area contributed by atoms with Crippen molar-refractivity contribution < 1.29 is 13.4 Å². The van der Waals surface area contributed by atoms with Gasteiger partial charge in [0.1, 0.15) is 6.29 Å². The number of aldehydes is 1. The Morgan fingerprint density at radius 3 is 2.21 bits per heavy atom. The lowest BCUT2D eigenvalue weighted by molar-refractivity contribution is -0.113. The average molecular weight is 371 g/mol. The normalized spacial score (nSPS) is 17.9. The van der Waals surface area contributed by atoms with E-state index in [1.165, 1.54) is 0 Å². The average Bonchev–Trinajstić information content (AvgIpc) is 2.25. The summed E-state index contributed by atoms with van der Waals surface area (Å²) in [6.45, 7) is 15.1. The predicted molar refractivity (Wildman–Crippen MR) is 89.0 cm³/mol. The summed E-state index contributed by atoms with van der Waals surface area (Å²) in [5, 5.41) is 0.193. The van der Waals surface area contributed by atoms with Crippen molar-refractivity contribution in [3.63, 3.8) is 0 Å². The number of carbonyl (C=O) groups is 1. The molecule has 0 aliphatic carbocycles. The van der Waals surface area contributed by atoms with Gasteiger partial charge in [0.2, 0.25) is 0 Å². The lowest BCUT2D eigenvalue weighted by Crippen LogP contribution is -2.44. The van der Waals surface area contributed by atoms with Crippen molar-refractivity contribution in [1.82, 2.24) is 0 Å². The van der Waals surface area contributed by atoms with E-state index in [0.717, 1.165) is 23.2 Å². The Balaban J connectivity index is 4.57. The van der Waals surface area contributed by atoms with Gasteiger partial charge in [0.25, 0.3) is 0 Å². The molecule has 0 radical (unpaired) electrons. The van der Waals surface area contributed by atoms with Crippen molar-refractivity contribution in [3.05, 3.63) is 0 Å². The zero-order chi connectivity index (χ0) is 15.3. The Kier molecular flexibility index (Phi) is 8.44. The number of carbonyl (C=O) groups excluding carboxylic acids is 1. The fourth-order valence-electron chi connectivity index (χ4n) is 1.53. The number of hydrogen-bond donors (Lipinski definition) is 0. The molecule has 0 N–H and O–H groups in total. The van der Waals surface area contributed by atoms with Crippen LogP contribution in [0.2, 0.25) is 18.1 Å².